The average Bonchev–Trinajstić information content (AvgIpc) is 2.65. The van der Waals surface area contributed by atoms with Crippen LogP contribution in [0.1, 0.15) is 0 Å². The van der Waals surface area contributed by atoms with Gasteiger partial charge in [-0.3, -0.25) is 0 Å². The highest BCUT2D eigenvalue weighted by atomic mass is 16.5. The molecular formula is C9H8N2O4. The summed E-state index contributed by atoms with van der Waals surface area (Å²) >= 11 is 0. The molecule has 0 aliphatic rings. The number of aromatic hydroxyl groups is 1. The topological polar surface area (TPSA) is 88.4 Å². The summed E-state index contributed by atoms with van der Waals surface area (Å²) in [5.74, 6) is -0.212. The van der Waals surface area contributed by atoms with Gasteiger partial charge in [-0.05, 0) is 18.2 Å². The second kappa shape index (κ2) is 3.49. The minimum Gasteiger partial charge on any atom is -0.504 e. The fourth-order valence-corrected chi connectivity index (χ4v) is 1.18. The van der Waals surface area contributed by atoms with E-state index >= 15 is 0 Å². The minimum atomic E-state index is -0.639. The number of benzene rings is 1. The Balaban J connectivity index is 2.46. The van der Waals surface area contributed by atoms with Gasteiger partial charge in [0.25, 0.3) is 0 Å². The SMILES string of the molecule is COc1ccc(-c2n[nH]c(=O)o2)cc1O. The molecule has 0 saturated heterocycles. The number of nitrogens with zero attached hydrogens (tertiary/aromatic N) is 1. The number of aromatic amines is 1. The van der Waals surface area contributed by atoms with Crippen molar-refractivity contribution >= 4 is 0 Å². The van der Waals surface area contributed by atoms with E-state index in [0.717, 1.165) is 0 Å². The van der Waals surface area contributed by atoms with Crippen molar-refractivity contribution in [2.24, 2.45) is 0 Å². The first-order valence-corrected chi connectivity index (χ1v) is 4.13. The summed E-state index contributed by atoms with van der Waals surface area (Å²) in [6, 6.07) is 4.58. The lowest BCUT2D eigenvalue weighted by Crippen LogP contribution is -1.93. The zero-order valence-electron chi connectivity index (χ0n) is 7.85. The Kier molecular flexibility index (Phi) is 2.17. The molecule has 1 heterocycles. The van der Waals surface area contributed by atoms with Crippen molar-refractivity contribution in [3.05, 3.63) is 28.7 Å². The first kappa shape index (κ1) is 9.32. The molecular weight excluding hydrogens is 200 g/mol. The highest BCUT2D eigenvalue weighted by Crippen LogP contribution is 2.29. The standard InChI is InChI=1S/C9H8N2O4/c1-14-7-3-2-5(4-6(7)12)8-10-11-9(13)15-8/h2-4,12H,1H3,(H,11,13). The molecule has 0 spiro atoms. The molecule has 78 valence electrons. The lowest BCUT2D eigenvalue weighted by atomic mass is 10.2. The van der Waals surface area contributed by atoms with Crippen LogP contribution >= 0.6 is 0 Å². The Hall–Kier alpha value is -2.24. The van der Waals surface area contributed by atoms with Crippen LogP contribution in [0.15, 0.2) is 27.4 Å². The number of hydrogen-bond donors (Lipinski definition) is 2. The number of aromatic nitrogens is 2. The summed E-state index contributed by atoms with van der Waals surface area (Å²) in [5, 5.41) is 15.2. The largest absolute Gasteiger partial charge is 0.504 e. The Labute approximate surface area is 84.1 Å². The zero-order chi connectivity index (χ0) is 10.8. The van der Waals surface area contributed by atoms with Crippen molar-refractivity contribution in [1.82, 2.24) is 10.2 Å². The Morgan fingerprint density at radius 3 is 2.87 bits per heavy atom. The number of phenols is 1. The van der Waals surface area contributed by atoms with Crippen LogP contribution in [0.2, 0.25) is 0 Å². The molecule has 6 heteroatoms. The summed E-state index contributed by atoms with van der Waals surface area (Å²) in [4.78, 5) is 10.7. The first-order chi connectivity index (χ1) is 7.20. The molecule has 2 N–H and O–H groups in total. The Morgan fingerprint density at radius 2 is 2.33 bits per heavy atom. The Bertz CT molecular complexity index is 529. The minimum absolute atomic E-state index is 0.0411. The second-order valence-electron chi connectivity index (χ2n) is 2.80. The lowest BCUT2D eigenvalue weighted by molar-refractivity contribution is 0.373. The Morgan fingerprint density at radius 1 is 1.53 bits per heavy atom. The zero-order valence-corrected chi connectivity index (χ0v) is 7.85. The third kappa shape index (κ3) is 1.69. The number of nitrogens with one attached hydrogen (secondary N) is 1. The van der Waals surface area contributed by atoms with E-state index in [1.165, 1.54) is 13.2 Å². The third-order valence-corrected chi connectivity index (χ3v) is 1.86. The van der Waals surface area contributed by atoms with Gasteiger partial charge in [-0.15, -0.1) is 5.10 Å². The summed E-state index contributed by atoms with van der Waals surface area (Å²) in [7, 11) is 1.45. The van der Waals surface area contributed by atoms with Crippen molar-refractivity contribution in [3.8, 4) is 23.0 Å². The highest BCUT2D eigenvalue weighted by molar-refractivity contribution is 5.58. The van der Waals surface area contributed by atoms with E-state index in [2.05, 4.69) is 10.2 Å². The molecule has 0 amide bonds. The van der Waals surface area contributed by atoms with Gasteiger partial charge in [0, 0.05) is 5.56 Å². The highest BCUT2D eigenvalue weighted by Gasteiger charge is 2.08. The maximum atomic E-state index is 10.7. The number of rotatable bonds is 2. The van der Waals surface area contributed by atoms with Gasteiger partial charge in [-0.25, -0.2) is 9.89 Å². The monoisotopic (exact) mass is 208 g/mol. The van der Waals surface area contributed by atoms with Crippen LogP contribution in [0.3, 0.4) is 0 Å². The molecule has 0 aliphatic carbocycles. The van der Waals surface area contributed by atoms with Gasteiger partial charge in [-0.1, -0.05) is 0 Å². The number of hydrogen-bond acceptors (Lipinski definition) is 5. The van der Waals surface area contributed by atoms with Gasteiger partial charge < -0.3 is 14.3 Å². The van der Waals surface area contributed by atoms with Gasteiger partial charge in [-0.2, -0.15) is 0 Å². The van der Waals surface area contributed by atoms with Crippen LogP contribution in [0, 0.1) is 0 Å². The predicted octanol–water partition coefficient (Wildman–Crippen LogP) is 0.744. The van der Waals surface area contributed by atoms with Crippen molar-refractivity contribution in [1.29, 1.82) is 0 Å². The molecule has 2 aromatic rings. The third-order valence-electron chi connectivity index (χ3n) is 1.86. The van der Waals surface area contributed by atoms with E-state index in [1.807, 2.05) is 0 Å². The number of methoxy groups -OCH3 is 1. The fourth-order valence-electron chi connectivity index (χ4n) is 1.18. The molecule has 0 radical (unpaired) electrons. The summed E-state index contributed by atoms with van der Waals surface area (Å²) < 4.78 is 9.59. The number of ether oxygens (including phenoxy) is 1. The van der Waals surface area contributed by atoms with Crippen LogP contribution in [0.5, 0.6) is 11.5 Å². The van der Waals surface area contributed by atoms with Crippen LogP contribution in [-0.4, -0.2) is 22.4 Å². The van der Waals surface area contributed by atoms with E-state index in [9.17, 15) is 9.90 Å². The van der Waals surface area contributed by atoms with Gasteiger partial charge in [0.15, 0.2) is 11.5 Å². The molecule has 0 saturated carbocycles. The molecule has 0 aliphatic heterocycles. The van der Waals surface area contributed by atoms with E-state index in [1.54, 1.807) is 12.1 Å². The predicted molar refractivity (Wildman–Crippen MR) is 50.8 cm³/mol. The molecule has 0 fully saturated rings. The molecule has 2 rings (SSSR count). The van der Waals surface area contributed by atoms with Crippen molar-refractivity contribution < 1.29 is 14.3 Å². The lowest BCUT2D eigenvalue weighted by Gasteiger charge is -2.02. The molecule has 0 bridgehead atoms. The van der Waals surface area contributed by atoms with Crippen LogP contribution in [-0.2, 0) is 0 Å². The average molecular weight is 208 g/mol. The normalized spacial score (nSPS) is 10.2. The second-order valence-corrected chi connectivity index (χ2v) is 2.80. The molecule has 6 nitrogen and oxygen atoms in total. The molecule has 0 unspecified atom stereocenters. The van der Waals surface area contributed by atoms with E-state index in [0.29, 0.717) is 11.3 Å². The van der Waals surface area contributed by atoms with Gasteiger partial charge in [0.2, 0.25) is 5.89 Å². The smallest absolute Gasteiger partial charge is 0.434 e. The molecule has 15 heavy (non-hydrogen) atoms. The van der Waals surface area contributed by atoms with E-state index in [4.69, 9.17) is 9.15 Å². The summed E-state index contributed by atoms with van der Waals surface area (Å²) in [5.41, 5.74) is 0.492. The maximum Gasteiger partial charge on any atom is 0.434 e. The van der Waals surface area contributed by atoms with Crippen LogP contribution in [0.4, 0.5) is 0 Å². The number of H-pyrrole nitrogens is 1. The fraction of sp³-hybridized carbons (Fsp3) is 0.111. The molecule has 1 aromatic carbocycles. The van der Waals surface area contributed by atoms with Gasteiger partial charge >= 0.3 is 5.76 Å². The first-order valence-electron chi connectivity index (χ1n) is 4.13. The summed E-state index contributed by atoms with van der Waals surface area (Å²) in [6.07, 6.45) is 0. The van der Waals surface area contributed by atoms with Crippen molar-refractivity contribution in [2.75, 3.05) is 7.11 Å². The van der Waals surface area contributed by atoms with Gasteiger partial charge in [0.1, 0.15) is 0 Å². The van der Waals surface area contributed by atoms with Gasteiger partial charge in [0.05, 0.1) is 7.11 Å². The maximum absolute atomic E-state index is 10.7. The van der Waals surface area contributed by atoms with E-state index < -0.39 is 5.76 Å². The molecule has 0 atom stereocenters. The van der Waals surface area contributed by atoms with Crippen LogP contribution < -0.4 is 10.5 Å². The van der Waals surface area contributed by atoms with E-state index in [-0.39, 0.29) is 11.6 Å². The quantitative estimate of drug-likeness (QED) is 0.760. The molecule has 1 aromatic heterocycles. The van der Waals surface area contributed by atoms with Crippen LogP contribution in [0.25, 0.3) is 11.5 Å². The summed E-state index contributed by atoms with van der Waals surface area (Å²) in [6.45, 7) is 0. The van der Waals surface area contributed by atoms with Crippen molar-refractivity contribution in [2.45, 2.75) is 0 Å². The van der Waals surface area contributed by atoms with Crippen molar-refractivity contribution in [3.63, 3.8) is 0 Å². The number of phenolic OH excluding ortho intramolecular Hbond substituents is 1.